The summed E-state index contributed by atoms with van der Waals surface area (Å²) in [5, 5.41) is 9.81. The number of H-pyrrole nitrogens is 1. The highest BCUT2D eigenvalue weighted by molar-refractivity contribution is 6.03. The largest absolute Gasteiger partial charge is 0.295 e. The van der Waals surface area contributed by atoms with Crippen molar-refractivity contribution in [3.63, 3.8) is 0 Å². The van der Waals surface area contributed by atoms with Gasteiger partial charge in [-0.15, -0.1) is 0 Å². The lowest BCUT2D eigenvalue weighted by molar-refractivity contribution is 0.101. The van der Waals surface area contributed by atoms with Gasteiger partial charge in [0.2, 0.25) is 0 Å². The zero-order valence-electron chi connectivity index (χ0n) is 13.0. The molecular formula is C20H14N2O2. The molecule has 0 aliphatic heterocycles. The summed E-state index contributed by atoms with van der Waals surface area (Å²) >= 11 is 0. The van der Waals surface area contributed by atoms with Crippen molar-refractivity contribution in [2.75, 3.05) is 0 Å². The van der Waals surface area contributed by atoms with Gasteiger partial charge >= 0.3 is 0 Å². The molecule has 0 spiro atoms. The number of carbonyl (C=O) groups is 1. The monoisotopic (exact) mass is 314 g/mol. The second-order valence-electron chi connectivity index (χ2n) is 5.80. The highest BCUT2D eigenvalue weighted by Gasteiger charge is 2.08. The molecule has 116 valence electrons. The molecule has 0 saturated carbocycles. The SMILES string of the molecule is CC(=O)c1ccc2c(-c3ccc4c(=O)[nH]ncc4c3)cccc2c1. The van der Waals surface area contributed by atoms with Crippen LogP contribution in [0, 0.1) is 0 Å². The third-order valence-corrected chi connectivity index (χ3v) is 4.26. The number of Topliss-reactive ketones (excluding diaryl/α,β-unsaturated/α-hetero) is 1. The quantitative estimate of drug-likeness (QED) is 0.570. The van der Waals surface area contributed by atoms with E-state index in [0.29, 0.717) is 10.9 Å². The topological polar surface area (TPSA) is 62.8 Å². The lowest BCUT2D eigenvalue weighted by Crippen LogP contribution is -2.06. The standard InChI is InChI=1S/C20H14N2O2/c1-12(23)13-5-7-18-14(9-13)3-2-4-17(18)15-6-8-19-16(10-15)11-21-22-20(19)24/h2-11H,1H3,(H,22,24). The van der Waals surface area contributed by atoms with Gasteiger partial charge in [-0.05, 0) is 47.0 Å². The molecule has 0 bridgehead atoms. The molecule has 4 aromatic rings. The Morgan fingerprint density at radius 1 is 0.958 bits per heavy atom. The molecule has 0 unspecified atom stereocenters. The van der Waals surface area contributed by atoms with E-state index in [1.54, 1.807) is 13.1 Å². The van der Waals surface area contributed by atoms with Gasteiger partial charge in [0.05, 0.1) is 11.6 Å². The van der Waals surface area contributed by atoms with Crippen molar-refractivity contribution >= 4 is 27.3 Å². The van der Waals surface area contributed by atoms with Gasteiger partial charge in [-0.2, -0.15) is 5.10 Å². The molecular weight excluding hydrogens is 300 g/mol. The number of fused-ring (bicyclic) bond motifs is 2. The van der Waals surface area contributed by atoms with Crippen LogP contribution in [0.5, 0.6) is 0 Å². The number of ketones is 1. The number of aromatic nitrogens is 2. The van der Waals surface area contributed by atoms with Gasteiger partial charge in [-0.1, -0.05) is 36.4 Å². The Morgan fingerprint density at radius 3 is 2.62 bits per heavy atom. The van der Waals surface area contributed by atoms with E-state index < -0.39 is 0 Å². The number of hydrogen-bond donors (Lipinski definition) is 1. The molecule has 4 heteroatoms. The van der Waals surface area contributed by atoms with Gasteiger partial charge in [0.25, 0.3) is 5.56 Å². The van der Waals surface area contributed by atoms with E-state index in [1.165, 1.54) is 0 Å². The fourth-order valence-corrected chi connectivity index (χ4v) is 3.02. The van der Waals surface area contributed by atoms with Crippen molar-refractivity contribution in [2.24, 2.45) is 0 Å². The van der Waals surface area contributed by atoms with Crippen LogP contribution < -0.4 is 5.56 Å². The maximum absolute atomic E-state index is 11.8. The van der Waals surface area contributed by atoms with E-state index in [0.717, 1.165) is 27.3 Å². The predicted octanol–water partition coefficient (Wildman–Crippen LogP) is 3.95. The number of nitrogens with one attached hydrogen (secondary N) is 1. The Morgan fingerprint density at radius 2 is 1.79 bits per heavy atom. The van der Waals surface area contributed by atoms with Crippen LogP contribution in [0.2, 0.25) is 0 Å². The molecule has 1 aromatic heterocycles. The molecule has 0 atom stereocenters. The van der Waals surface area contributed by atoms with E-state index in [-0.39, 0.29) is 11.3 Å². The fourth-order valence-electron chi connectivity index (χ4n) is 3.02. The molecule has 1 N–H and O–H groups in total. The van der Waals surface area contributed by atoms with E-state index >= 15 is 0 Å². The van der Waals surface area contributed by atoms with Crippen molar-refractivity contribution < 1.29 is 4.79 Å². The Bertz CT molecular complexity index is 1160. The van der Waals surface area contributed by atoms with Gasteiger partial charge in [0.15, 0.2) is 5.78 Å². The lowest BCUT2D eigenvalue weighted by atomic mass is 9.95. The van der Waals surface area contributed by atoms with Crippen molar-refractivity contribution in [3.8, 4) is 11.1 Å². The first-order valence-electron chi connectivity index (χ1n) is 7.65. The molecule has 0 fully saturated rings. The number of benzene rings is 3. The third-order valence-electron chi connectivity index (χ3n) is 4.26. The van der Waals surface area contributed by atoms with Crippen LogP contribution in [0.25, 0.3) is 32.7 Å². The molecule has 0 radical (unpaired) electrons. The Balaban J connectivity index is 1.96. The second-order valence-corrected chi connectivity index (χ2v) is 5.80. The summed E-state index contributed by atoms with van der Waals surface area (Å²) in [6.45, 7) is 1.57. The fraction of sp³-hybridized carbons (Fsp3) is 0.0500. The Hall–Kier alpha value is -3.27. The minimum atomic E-state index is -0.192. The highest BCUT2D eigenvalue weighted by Crippen LogP contribution is 2.30. The van der Waals surface area contributed by atoms with Gasteiger partial charge < -0.3 is 0 Å². The zero-order chi connectivity index (χ0) is 16.7. The van der Waals surface area contributed by atoms with Gasteiger partial charge in [0, 0.05) is 10.9 Å². The van der Waals surface area contributed by atoms with Crippen LogP contribution in [0.3, 0.4) is 0 Å². The molecule has 0 aliphatic rings. The molecule has 24 heavy (non-hydrogen) atoms. The summed E-state index contributed by atoms with van der Waals surface area (Å²) < 4.78 is 0. The van der Waals surface area contributed by atoms with Crippen LogP contribution >= 0.6 is 0 Å². The first kappa shape index (κ1) is 14.3. The Labute approximate surface area is 137 Å². The van der Waals surface area contributed by atoms with Crippen LogP contribution in [-0.4, -0.2) is 16.0 Å². The number of nitrogens with zero attached hydrogens (tertiary/aromatic N) is 1. The van der Waals surface area contributed by atoms with Gasteiger partial charge in [-0.3, -0.25) is 9.59 Å². The summed E-state index contributed by atoms with van der Waals surface area (Å²) in [7, 11) is 0. The maximum atomic E-state index is 11.8. The van der Waals surface area contributed by atoms with Crippen molar-refractivity contribution in [3.05, 3.63) is 76.7 Å². The second kappa shape index (κ2) is 5.42. The molecule has 4 rings (SSSR count). The number of carbonyl (C=O) groups excluding carboxylic acids is 1. The lowest BCUT2D eigenvalue weighted by Gasteiger charge is -2.09. The van der Waals surface area contributed by atoms with Crippen LogP contribution in [0.15, 0.2) is 65.6 Å². The smallest absolute Gasteiger partial charge is 0.272 e. The van der Waals surface area contributed by atoms with Crippen LogP contribution in [-0.2, 0) is 0 Å². The van der Waals surface area contributed by atoms with E-state index in [9.17, 15) is 9.59 Å². The van der Waals surface area contributed by atoms with Crippen molar-refractivity contribution in [1.82, 2.24) is 10.2 Å². The molecule has 4 nitrogen and oxygen atoms in total. The highest BCUT2D eigenvalue weighted by atomic mass is 16.1. The number of aromatic amines is 1. The molecule has 0 amide bonds. The minimum absolute atomic E-state index is 0.0540. The first-order chi connectivity index (χ1) is 11.6. The van der Waals surface area contributed by atoms with E-state index in [1.807, 2.05) is 54.6 Å². The molecule has 3 aromatic carbocycles. The Kier molecular flexibility index (Phi) is 3.24. The summed E-state index contributed by atoms with van der Waals surface area (Å²) in [5.41, 5.74) is 2.58. The zero-order valence-corrected chi connectivity index (χ0v) is 13.0. The maximum Gasteiger partial charge on any atom is 0.272 e. The third kappa shape index (κ3) is 2.29. The average Bonchev–Trinajstić information content (AvgIpc) is 2.60. The van der Waals surface area contributed by atoms with Crippen LogP contribution in [0.1, 0.15) is 17.3 Å². The van der Waals surface area contributed by atoms with Crippen LogP contribution in [0.4, 0.5) is 0 Å². The predicted molar refractivity (Wildman–Crippen MR) is 95.3 cm³/mol. The number of hydrogen-bond acceptors (Lipinski definition) is 3. The number of rotatable bonds is 2. The molecule has 0 aliphatic carbocycles. The van der Waals surface area contributed by atoms with Gasteiger partial charge in [0.1, 0.15) is 0 Å². The van der Waals surface area contributed by atoms with Crippen molar-refractivity contribution in [2.45, 2.75) is 6.92 Å². The minimum Gasteiger partial charge on any atom is -0.295 e. The van der Waals surface area contributed by atoms with E-state index in [2.05, 4.69) is 10.2 Å². The van der Waals surface area contributed by atoms with E-state index in [4.69, 9.17) is 0 Å². The van der Waals surface area contributed by atoms with Crippen molar-refractivity contribution in [1.29, 1.82) is 0 Å². The summed E-state index contributed by atoms with van der Waals surface area (Å²) in [5.74, 6) is 0.0540. The normalized spacial score (nSPS) is 11.0. The first-order valence-corrected chi connectivity index (χ1v) is 7.65. The summed E-state index contributed by atoms with van der Waals surface area (Å²) in [6, 6.07) is 17.5. The average molecular weight is 314 g/mol. The summed E-state index contributed by atoms with van der Waals surface area (Å²) in [4.78, 5) is 23.4. The molecule has 0 saturated heterocycles. The summed E-state index contributed by atoms with van der Waals surface area (Å²) in [6.07, 6.45) is 1.65. The molecule has 1 heterocycles. The van der Waals surface area contributed by atoms with Gasteiger partial charge in [-0.25, -0.2) is 5.10 Å².